The van der Waals surface area contributed by atoms with Gasteiger partial charge in [0.05, 0.1) is 6.54 Å². The first kappa shape index (κ1) is 15.1. The molecule has 0 aromatic heterocycles. The number of aryl methyl sites for hydroxylation is 1. The number of hydrogen-bond acceptors (Lipinski definition) is 2. The van der Waals surface area contributed by atoms with E-state index in [9.17, 15) is 0 Å². The second-order valence-corrected chi connectivity index (χ2v) is 5.74. The Morgan fingerprint density at radius 1 is 1.30 bits per heavy atom. The Morgan fingerprint density at radius 3 is 2.50 bits per heavy atom. The van der Waals surface area contributed by atoms with Gasteiger partial charge >= 0.3 is 0 Å². The van der Waals surface area contributed by atoms with Gasteiger partial charge in [0, 0.05) is 25.2 Å². The van der Waals surface area contributed by atoms with Crippen LogP contribution < -0.4 is 5.32 Å². The highest BCUT2D eigenvalue weighted by Gasteiger charge is 2.20. The number of benzene rings is 1. The van der Waals surface area contributed by atoms with E-state index in [-0.39, 0.29) is 0 Å². The summed E-state index contributed by atoms with van der Waals surface area (Å²) in [6, 6.07) is 10.0. The van der Waals surface area contributed by atoms with Gasteiger partial charge in [-0.15, -0.1) is 6.42 Å². The first-order chi connectivity index (χ1) is 9.72. The van der Waals surface area contributed by atoms with Gasteiger partial charge in [0.25, 0.3) is 0 Å². The lowest BCUT2D eigenvalue weighted by Crippen LogP contribution is -2.43. The fraction of sp³-hybridized carbons (Fsp3) is 0.556. The Morgan fingerprint density at radius 2 is 1.95 bits per heavy atom. The molecule has 0 spiro atoms. The van der Waals surface area contributed by atoms with Crippen molar-refractivity contribution < 1.29 is 0 Å². The van der Waals surface area contributed by atoms with Crippen LogP contribution in [-0.4, -0.2) is 30.6 Å². The van der Waals surface area contributed by atoms with Gasteiger partial charge in [0.1, 0.15) is 0 Å². The second kappa shape index (κ2) is 7.47. The fourth-order valence-corrected chi connectivity index (χ4v) is 2.88. The quantitative estimate of drug-likeness (QED) is 0.828. The monoisotopic (exact) mass is 270 g/mol. The largest absolute Gasteiger partial charge is 0.307 e. The summed E-state index contributed by atoms with van der Waals surface area (Å²) in [5.41, 5.74) is 2.79. The van der Waals surface area contributed by atoms with Crippen LogP contribution in [0.25, 0.3) is 0 Å². The molecule has 1 aromatic carbocycles. The Balaban J connectivity index is 1.82. The molecule has 0 aliphatic carbocycles. The van der Waals surface area contributed by atoms with E-state index in [1.165, 1.54) is 24.0 Å². The molecular formula is C18H26N2. The minimum atomic E-state index is 0.421. The van der Waals surface area contributed by atoms with Crippen molar-refractivity contribution in [1.82, 2.24) is 10.2 Å². The molecule has 0 bridgehead atoms. The Hall–Kier alpha value is -1.30. The maximum Gasteiger partial charge on any atom is 0.0598 e. The van der Waals surface area contributed by atoms with Gasteiger partial charge in [0.2, 0.25) is 0 Å². The zero-order valence-electron chi connectivity index (χ0n) is 12.7. The number of piperidine rings is 1. The molecule has 2 rings (SSSR count). The van der Waals surface area contributed by atoms with E-state index in [1.807, 2.05) is 0 Å². The summed E-state index contributed by atoms with van der Waals surface area (Å²) in [6.07, 6.45) is 8.86. The van der Waals surface area contributed by atoms with E-state index >= 15 is 0 Å². The summed E-state index contributed by atoms with van der Waals surface area (Å²) in [6.45, 7) is 7.48. The Labute approximate surface area is 123 Å². The summed E-state index contributed by atoms with van der Waals surface area (Å²) in [5, 5.41) is 3.76. The normalized spacial score (nSPS) is 18.6. The number of rotatable bonds is 5. The van der Waals surface area contributed by atoms with Crippen LogP contribution in [-0.2, 0) is 6.42 Å². The number of terminal acetylenes is 1. The first-order valence-corrected chi connectivity index (χ1v) is 7.73. The molecule has 1 aromatic rings. The molecule has 2 heteroatoms. The molecule has 1 aliphatic heterocycles. The molecule has 1 heterocycles. The van der Waals surface area contributed by atoms with Crippen LogP contribution in [0, 0.1) is 12.3 Å². The topological polar surface area (TPSA) is 15.3 Å². The van der Waals surface area contributed by atoms with Gasteiger partial charge in [-0.1, -0.05) is 37.1 Å². The van der Waals surface area contributed by atoms with Crippen LogP contribution in [0.1, 0.15) is 43.9 Å². The van der Waals surface area contributed by atoms with Crippen LogP contribution in [0.15, 0.2) is 24.3 Å². The molecule has 1 atom stereocenters. The summed E-state index contributed by atoms with van der Waals surface area (Å²) >= 11 is 0. The molecule has 1 aliphatic rings. The van der Waals surface area contributed by atoms with E-state index in [2.05, 4.69) is 54.3 Å². The molecule has 108 valence electrons. The van der Waals surface area contributed by atoms with Gasteiger partial charge < -0.3 is 5.32 Å². The fourth-order valence-electron chi connectivity index (χ4n) is 2.88. The third-order valence-electron chi connectivity index (χ3n) is 4.28. The number of likely N-dealkylation sites (tertiary alicyclic amines) is 1. The zero-order valence-corrected chi connectivity index (χ0v) is 12.7. The molecule has 0 saturated carbocycles. The van der Waals surface area contributed by atoms with Gasteiger partial charge in [0.15, 0.2) is 0 Å². The van der Waals surface area contributed by atoms with E-state index in [4.69, 9.17) is 6.42 Å². The zero-order chi connectivity index (χ0) is 14.4. The molecule has 1 unspecified atom stereocenters. The van der Waals surface area contributed by atoms with E-state index in [0.29, 0.717) is 12.1 Å². The highest BCUT2D eigenvalue weighted by atomic mass is 15.1. The van der Waals surface area contributed by atoms with Crippen molar-refractivity contribution in [3.8, 4) is 12.3 Å². The Bertz CT molecular complexity index is 435. The van der Waals surface area contributed by atoms with Gasteiger partial charge in [-0.25, -0.2) is 0 Å². The first-order valence-electron chi connectivity index (χ1n) is 7.73. The van der Waals surface area contributed by atoms with Gasteiger partial charge in [-0.2, -0.15) is 0 Å². The summed E-state index contributed by atoms with van der Waals surface area (Å²) < 4.78 is 0. The third-order valence-corrected chi connectivity index (χ3v) is 4.28. The minimum Gasteiger partial charge on any atom is -0.307 e. The van der Waals surface area contributed by atoms with Crippen molar-refractivity contribution in [2.24, 2.45) is 0 Å². The predicted octanol–water partition coefficient (Wildman–Crippen LogP) is 3.00. The second-order valence-electron chi connectivity index (χ2n) is 5.74. The van der Waals surface area contributed by atoms with Crippen molar-refractivity contribution in [2.45, 2.75) is 45.2 Å². The highest BCUT2D eigenvalue weighted by molar-refractivity contribution is 5.24. The van der Waals surface area contributed by atoms with Crippen molar-refractivity contribution in [3.05, 3.63) is 35.4 Å². The van der Waals surface area contributed by atoms with E-state index < -0.39 is 0 Å². The van der Waals surface area contributed by atoms with E-state index in [0.717, 1.165) is 26.1 Å². The van der Waals surface area contributed by atoms with Crippen LogP contribution in [0.3, 0.4) is 0 Å². The average Bonchev–Trinajstić information content (AvgIpc) is 2.49. The maximum atomic E-state index is 5.37. The summed E-state index contributed by atoms with van der Waals surface area (Å²) in [4.78, 5) is 2.36. The van der Waals surface area contributed by atoms with E-state index in [1.54, 1.807) is 0 Å². The molecule has 1 N–H and O–H groups in total. The van der Waals surface area contributed by atoms with Crippen LogP contribution >= 0.6 is 0 Å². The molecule has 1 fully saturated rings. The lowest BCUT2D eigenvalue weighted by molar-refractivity contribution is 0.211. The van der Waals surface area contributed by atoms with Crippen LogP contribution in [0.4, 0.5) is 0 Å². The van der Waals surface area contributed by atoms with Crippen molar-refractivity contribution in [3.63, 3.8) is 0 Å². The van der Waals surface area contributed by atoms with Gasteiger partial charge in [-0.05, 0) is 37.3 Å². The molecular weight excluding hydrogens is 244 g/mol. The van der Waals surface area contributed by atoms with Crippen LogP contribution in [0.2, 0.25) is 0 Å². The lowest BCUT2D eigenvalue weighted by atomic mass is 10.0. The molecule has 20 heavy (non-hydrogen) atoms. The average molecular weight is 270 g/mol. The summed E-state index contributed by atoms with van der Waals surface area (Å²) in [7, 11) is 0. The lowest BCUT2D eigenvalue weighted by Gasteiger charge is -2.33. The number of nitrogens with zero attached hydrogens (tertiary/aromatic N) is 1. The molecule has 0 amide bonds. The molecule has 0 radical (unpaired) electrons. The van der Waals surface area contributed by atoms with Crippen molar-refractivity contribution in [2.75, 3.05) is 19.6 Å². The van der Waals surface area contributed by atoms with Crippen molar-refractivity contribution in [1.29, 1.82) is 0 Å². The standard InChI is InChI=1S/C18H26N2/c1-4-12-20-13-10-18(11-14-20)19-15(3)17-8-6-16(5-2)7-9-17/h1,6-9,15,18-19H,5,10-14H2,2-3H3. The molecule has 1 saturated heterocycles. The Kier molecular flexibility index (Phi) is 5.64. The summed E-state index contributed by atoms with van der Waals surface area (Å²) in [5.74, 6) is 2.74. The maximum absolute atomic E-state index is 5.37. The minimum absolute atomic E-state index is 0.421. The number of nitrogens with one attached hydrogen (secondary N) is 1. The predicted molar refractivity (Wildman–Crippen MR) is 85.7 cm³/mol. The highest BCUT2D eigenvalue weighted by Crippen LogP contribution is 2.18. The van der Waals surface area contributed by atoms with Gasteiger partial charge in [-0.3, -0.25) is 4.90 Å². The number of hydrogen-bond donors (Lipinski definition) is 1. The smallest absolute Gasteiger partial charge is 0.0598 e. The third kappa shape index (κ3) is 4.10. The molecule has 2 nitrogen and oxygen atoms in total. The SMILES string of the molecule is C#CCN1CCC(NC(C)c2ccc(CC)cc2)CC1. The van der Waals surface area contributed by atoms with Crippen molar-refractivity contribution >= 4 is 0 Å². The van der Waals surface area contributed by atoms with Crippen LogP contribution in [0.5, 0.6) is 0 Å².